The highest BCUT2D eigenvalue weighted by atomic mass is 16.5. The molecule has 7 nitrogen and oxygen atoms in total. The van der Waals surface area contributed by atoms with Gasteiger partial charge in [0.2, 0.25) is 5.91 Å². The van der Waals surface area contributed by atoms with Gasteiger partial charge in [0.25, 0.3) is 0 Å². The highest BCUT2D eigenvalue weighted by Crippen LogP contribution is 2.26. The average molecular weight is 343 g/mol. The van der Waals surface area contributed by atoms with Crippen LogP contribution in [0.3, 0.4) is 0 Å². The zero-order valence-electron chi connectivity index (χ0n) is 13.6. The van der Waals surface area contributed by atoms with E-state index < -0.39 is 11.9 Å². The number of anilines is 1. The Morgan fingerprint density at radius 3 is 2.48 bits per heavy atom. The molecule has 0 saturated heterocycles. The standard InChI is InChI=1S/C18H17NO6/c1-24-13-5-7-16(25-2)11(9-13)4-8-17(21)19-14-10-12(18(22)23)3-6-15(14)20/h3-10,20H,1-2H3,(H,19,21)(H,22,23)/b8-4+. The lowest BCUT2D eigenvalue weighted by molar-refractivity contribution is -0.111. The molecule has 0 bridgehead atoms. The molecule has 0 aromatic heterocycles. The van der Waals surface area contributed by atoms with Crippen molar-refractivity contribution in [2.45, 2.75) is 0 Å². The van der Waals surface area contributed by atoms with Gasteiger partial charge in [-0.15, -0.1) is 0 Å². The highest BCUT2D eigenvalue weighted by Gasteiger charge is 2.10. The second-order valence-corrected chi connectivity index (χ2v) is 4.97. The van der Waals surface area contributed by atoms with E-state index in [0.29, 0.717) is 17.1 Å². The molecule has 2 aromatic rings. The summed E-state index contributed by atoms with van der Waals surface area (Å²) in [5.41, 5.74) is 0.583. The monoisotopic (exact) mass is 343 g/mol. The van der Waals surface area contributed by atoms with Crippen LogP contribution < -0.4 is 14.8 Å². The molecule has 0 saturated carbocycles. The first-order valence-corrected chi connectivity index (χ1v) is 7.22. The Balaban J connectivity index is 2.19. The Morgan fingerprint density at radius 1 is 1.08 bits per heavy atom. The Morgan fingerprint density at radius 2 is 1.84 bits per heavy atom. The predicted octanol–water partition coefficient (Wildman–Crippen LogP) is 2.76. The number of phenolic OH excluding ortho intramolecular Hbond substituents is 1. The molecule has 130 valence electrons. The number of hydrogen-bond acceptors (Lipinski definition) is 5. The Labute approximate surface area is 144 Å². The third-order valence-corrected chi connectivity index (χ3v) is 3.35. The maximum Gasteiger partial charge on any atom is 0.335 e. The lowest BCUT2D eigenvalue weighted by atomic mass is 10.1. The number of aromatic hydroxyl groups is 1. The van der Waals surface area contributed by atoms with Gasteiger partial charge < -0.3 is 25.0 Å². The SMILES string of the molecule is COc1ccc(OC)c(/C=C/C(=O)Nc2cc(C(=O)O)ccc2O)c1. The first kappa shape index (κ1) is 17.9. The van der Waals surface area contributed by atoms with E-state index >= 15 is 0 Å². The van der Waals surface area contributed by atoms with Crippen molar-refractivity contribution in [2.24, 2.45) is 0 Å². The van der Waals surface area contributed by atoms with Crippen LogP contribution in [0, 0.1) is 0 Å². The second kappa shape index (κ2) is 7.87. The van der Waals surface area contributed by atoms with E-state index in [0.717, 1.165) is 0 Å². The summed E-state index contributed by atoms with van der Waals surface area (Å²) >= 11 is 0. The van der Waals surface area contributed by atoms with Gasteiger partial charge in [0.15, 0.2) is 0 Å². The molecular formula is C18H17NO6. The maximum absolute atomic E-state index is 12.0. The number of aromatic carboxylic acids is 1. The number of ether oxygens (including phenoxy) is 2. The van der Waals surface area contributed by atoms with Crippen molar-refractivity contribution in [3.63, 3.8) is 0 Å². The van der Waals surface area contributed by atoms with Gasteiger partial charge in [-0.1, -0.05) is 0 Å². The number of nitrogens with one attached hydrogen (secondary N) is 1. The van der Waals surface area contributed by atoms with Crippen molar-refractivity contribution in [3.8, 4) is 17.2 Å². The van der Waals surface area contributed by atoms with Gasteiger partial charge in [-0.05, 0) is 42.5 Å². The molecule has 2 aromatic carbocycles. The van der Waals surface area contributed by atoms with E-state index in [-0.39, 0.29) is 17.0 Å². The van der Waals surface area contributed by atoms with Crippen LogP contribution >= 0.6 is 0 Å². The summed E-state index contributed by atoms with van der Waals surface area (Å²) in [6.07, 6.45) is 2.76. The molecule has 0 atom stereocenters. The summed E-state index contributed by atoms with van der Waals surface area (Å²) in [5.74, 6) is -0.770. The van der Waals surface area contributed by atoms with Gasteiger partial charge in [0.1, 0.15) is 17.2 Å². The number of carbonyl (C=O) groups excluding carboxylic acids is 1. The fourth-order valence-corrected chi connectivity index (χ4v) is 2.08. The van der Waals surface area contributed by atoms with Crippen molar-refractivity contribution in [1.82, 2.24) is 0 Å². The summed E-state index contributed by atoms with van der Waals surface area (Å²) < 4.78 is 10.3. The minimum Gasteiger partial charge on any atom is -0.506 e. The number of carboxylic acids is 1. The minimum absolute atomic E-state index is 0.00663. The molecular weight excluding hydrogens is 326 g/mol. The molecule has 0 spiro atoms. The van der Waals surface area contributed by atoms with Crippen LogP contribution in [0.25, 0.3) is 6.08 Å². The molecule has 0 heterocycles. The molecule has 0 aliphatic heterocycles. The molecule has 25 heavy (non-hydrogen) atoms. The van der Waals surface area contributed by atoms with E-state index in [2.05, 4.69) is 5.32 Å². The van der Waals surface area contributed by atoms with E-state index in [1.54, 1.807) is 18.2 Å². The van der Waals surface area contributed by atoms with Gasteiger partial charge in [-0.3, -0.25) is 4.79 Å². The number of methoxy groups -OCH3 is 2. The number of rotatable bonds is 6. The number of carbonyl (C=O) groups is 2. The topological polar surface area (TPSA) is 105 Å². The largest absolute Gasteiger partial charge is 0.506 e. The third-order valence-electron chi connectivity index (χ3n) is 3.35. The van der Waals surface area contributed by atoms with Crippen molar-refractivity contribution < 1.29 is 29.3 Å². The van der Waals surface area contributed by atoms with E-state index in [4.69, 9.17) is 14.6 Å². The van der Waals surface area contributed by atoms with Crippen molar-refractivity contribution in [1.29, 1.82) is 0 Å². The minimum atomic E-state index is -1.16. The quantitative estimate of drug-likeness (QED) is 0.550. The molecule has 0 aliphatic rings. The molecule has 0 unspecified atom stereocenters. The number of carboxylic acid groups (broad SMARTS) is 1. The Kier molecular flexibility index (Phi) is 5.62. The van der Waals surface area contributed by atoms with Crippen molar-refractivity contribution in [2.75, 3.05) is 19.5 Å². The summed E-state index contributed by atoms with van der Waals surface area (Å²) in [6.45, 7) is 0. The molecule has 7 heteroatoms. The van der Waals surface area contributed by atoms with Gasteiger partial charge >= 0.3 is 5.97 Å². The van der Waals surface area contributed by atoms with E-state index in [1.165, 1.54) is 44.6 Å². The summed E-state index contributed by atoms with van der Waals surface area (Å²) in [7, 11) is 3.04. The Bertz CT molecular complexity index is 828. The Hall–Kier alpha value is -3.48. The fourth-order valence-electron chi connectivity index (χ4n) is 2.08. The van der Waals surface area contributed by atoms with Crippen molar-refractivity contribution in [3.05, 3.63) is 53.6 Å². The zero-order valence-corrected chi connectivity index (χ0v) is 13.6. The lowest BCUT2D eigenvalue weighted by Crippen LogP contribution is -2.09. The highest BCUT2D eigenvalue weighted by molar-refractivity contribution is 6.03. The molecule has 0 fully saturated rings. The number of hydrogen-bond donors (Lipinski definition) is 3. The maximum atomic E-state index is 12.0. The van der Waals surface area contributed by atoms with Crippen LogP contribution in [0.2, 0.25) is 0 Å². The number of benzene rings is 2. The zero-order chi connectivity index (χ0) is 18.4. The third kappa shape index (κ3) is 4.51. The number of phenols is 1. The van der Waals surface area contributed by atoms with Crippen LogP contribution in [0.4, 0.5) is 5.69 Å². The lowest BCUT2D eigenvalue weighted by Gasteiger charge is -2.08. The fraction of sp³-hybridized carbons (Fsp3) is 0.111. The van der Waals surface area contributed by atoms with Crippen LogP contribution in [0.15, 0.2) is 42.5 Å². The summed E-state index contributed by atoms with van der Waals surface area (Å²) in [6, 6.07) is 8.75. The normalized spacial score (nSPS) is 10.5. The van der Waals surface area contributed by atoms with Gasteiger partial charge in [0, 0.05) is 11.6 Å². The van der Waals surface area contributed by atoms with E-state index in [9.17, 15) is 14.7 Å². The van der Waals surface area contributed by atoms with E-state index in [1.807, 2.05) is 0 Å². The molecule has 1 amide bonds. The predicted molar refractivity (Wildman–Crippen MR) is 92.3 cm³/mol. The van der Waals surface area contributed by atoms with Crippen LogP contribution in [0.1, 0.15) is 15.9 Å². The molecule has 0 radical (unpaired) electrons. The molecule has 2 rings (SSSR count). The average Bonchev–Trinajstić information content (AvgIpc) is 2.61. The first-order valence-electron chi connectivity index (χ1n) is 7.22. The van der Waals surface area contributed by atoms with Gasteiger partial charge in [0.05, 0.1) is 25.5 Å². The smallest absolute Gasteiger partial charge is 0.335 e. The van der Waals surface area contributed by atoms with Crippen LogP contribution in [0.5, 0.6) is 17.2 Å². The summed E-state index contributed by atoms with van der Waals surface area (Å²) in [4.78, 5) is 23.0. The number of amides is 1. The van der Waals surface area contributed by atoms with Crippen molar-refractivity contribution >= 4 is 23.6 Å². The van der Waals surface area contributed by atoms with Crippen LogP contribution in [-0.4, -0.2) is 36.3 Å². The van der Waals surface area contributed by atoms with Gasteiger partial charge in [-0.25, -0.2) is 4.79 Å². The van der Waals surface area contributed by atoms with Gasteiger partial charge in [-0.2, -0.15) is 0 Å². The first-order chi connectivity index (χ1) is 11.9. The van der Waals surface area contributed by atoms with Crippen LogP contribution in [-0.2, 0) is 4.79 Å². The second-order valence-electron chi connectivity index (χ2n) is 4.97. The summed E-state index contributed by atoms with van der Waals surface area (Å²) in [5, 5.41) is 21.1. The molecule has 0 aliphatic carbocycles. The molecule has 3 N–H and O–H groups in total.